The normalized spacial score (nSPS) is 11.8. The van der Waals surface area contributed by atoms with Gasteiger partial charge < -0.3 is 19.7 Å². The van der Waals surface area contributed by atoms with Gasteiger partial charge in [-0.15, -0.1) is 0 Å². The maximum Gasteiger partial charge on any atom is 0.327 e. The van der Waals surface area contributed by atoms with Crippen molar-refractivity contribution in [3.05, 3.63) is 23.8 Å². The fourth-order valence-corrected chi connectivity index (χ4v) is 2.02. The van der Waals surface area contributed by atoms with Crippen LogP contribution in [-0.2, 0) is 25.5 Å². The number of esters is 2. The molecule has 0 heterocycles. The molecule has 0 amide bonds. The lowest BCUT2D eigenvalue weighted by Crippen LogP contribution is -2.35. The SMILES string of the molecule is O=C(CCCNCl)OCOC(=O)[C@H](Cc1ccc(O)c(O)c1)NCl. The lowest BCUT2D eigenvalue weighted by molar-refractivity contribution is -0.168. The molecule has 8 nitrogen and oxygen atoms in total. The van der Waals surface area contributed by atoms with E-state index >= 15 is 0 Å². The Morgan fingerprint density at radius 3 is 2.54 bits per heavy atom. The molecule has 4 N–H and O–H groups in total. The summed E-state index contributed by atoms with van der Waals surface area (Å²) in [5, 5.41) is 18.7. The van der Waals surface area contributed by atoms with Gasteiger partial charge in [-0.2, -0.15) is 0 Å². The predicted molar refractivity (Wildman–Crippen MR) is 86.4 cm³/mol. The van der Waals surface area contributed by atoms with Crippen molar-refractivity contribution in [1.82, 2.24) is 9.67 Å². The van der Waals surface area contributed by atoms with E-state index in [1.165, 1.54) is 18.2 Å². The second-order valence-corrected chi connectivity index (χ2v) is 5.26. The Kier molecular flexibility index (Phi) is 9.24. The molecule has 0 saturated carbocycles. The summed E-state index contributed by atoms with van der Waals surface area (Å²) in [4.78, 5) is 27.8. The number of halogens is 2. The summed E-state index contributed by atoms with van der Waals surface area (Å²) in [6.45, 7) is -0.0734. The van der Waals surface area contributed by atoms with Gasteiger partial charge in [0.1, 0.15) is 6.04 Å². The fraction of sp³-hybridized carbons (Fsp3) is 0.429. The zero-order chi connectivity index (χ0) is 17.9. The van der Waals surface area contributed by atoms with E-state index in [9.17, 15) is 19.8 Å². The number of ether oxygens (including phenoxy) is 2. The van der Waals surface area contributed by atoms with Crippen LogP contribution in [0.2, 0.25) is 0 Å². The molecule has 1 rings (SSSR count). The zero-order valence-corrected chi connectivity index (χ0v) is 14.1. The third kappa shape index (κ3) is 7.22. The van der Waals surface area contributed by atoms with Gasteiger partial charge in [0.2, 0.25) is 6.79 Å². The first-order chi connectivity index (χ1) is 11.5. The maximum atomic E-state index is 11.9. The van der Waals surface area contributed by atoms with Gasteiger partial charge >= 0.3 is 11.9 Å². The standard InChI is InChI=1S/C14H18Cl2N2O6/c15-17-5-1-2-13(21)23-8-24-14(22)10(18-16)6-9-3-4-11(19)12(20)7-9/h3-4,7,10,17-20H,1-2,5-6,8H2/t10-/m0/s1. The van der Waals surface area contributed by atoms with Crippen LogP contribution in [0.15, 0.2) is 18.2 Å². The number of phenolic OH excluding ortho intramolecular Hbond substituents is 2. The third-order valence-electron chi connectivity index (χ3n) is 2.97. The molecule has 1 aromatic rings. The van der Waals surface area contributed by atoms with Crippen LogP contribution in [0.4, 0.5) is 0 Å². The molecule has 10 heteroatoms. The third-order valence-corrected chi connectivity index (χ3v) is 3.42. The Morgan fingerprint density at radius 2 is 1.92 bits per heavy atom. The Hall–Kier alpha value is -1.74. The van der Waals surface area contributed by atoms with E-state index in [4.69, 9.17) is 33.0 Å². The van der Waals surface area contributed by atoms with E-state index in [-0.39, 0.29) is 24.3 Å². The van der Waals surface area contributed by atoms with Crippen LogP contribution in [0.3, 0.4) is 0 Å². The van der Waals surface area contributed by atoms with Crippen LogP contribution in [-0.4, -0.2) is 41.5 Å². The number of aromatic hydroxyl groups is 2. The highest BCUT2D eigenvalue weighted by Gasteiger charge is 2.20. The molecule has 24 heavy (non-hydrogen) atoms. The van der Waals surface area contributed by atoms with Crippen molar-refractivity contribution < 1.29 is 29.3 Å². The number of hydrogen-bond donors (Lipinski definition) is 4. The highest BCUT2D eigenvalue weighted by Crippen LogP contribution is 2.25. The van der Waals surface area contributed by atoms with Crippen molar-refractivity contribution in [2.75, 3.05) is 13.3 Å². The van der Waals surface area contributed by atoms with Crippen molar-refractivity contribution in [3.8, 4) is 11.5 Å². The quantitative estimate of drug-likeness (QED) is 0.158. The van der Waals surface area contributed by atoms with Crippen LogP contribution >= 0.6 is 23.6 Å². The van der Waals surface area contributed by atoms with Gasteiger partial charge in [0, 0.05) is 13.0 Å². The Balaban J connectivity index is 2.40. The molecule has 0 aliphatic carbocycles. The summed E-state index contributed by atoms with van der Waals surface area (Å²) >= 11 is 10.8. The Bertz CT molecular complexity index is 558. The van der Waals surface area contributed by atoms with Crippen LogP contribution in [0.1, 0.15) is 18.4 Å². The van der Waals surface area contributed by atoms with Gasteiger partial charge in [-0.05, 0) is 54.1 Å². The van der Waals surface area contributed by atoms with Crippen molar-refractivity contribution in [2.24, 2.45) is 0 Å². The van der Waals surface area contributed by atoms with E-state index in [1.54, 1.807) is 0 Å². The number of benzene rings is 1. The van der Waals surface area contributed by atoms with Crippen LogP contribution in [0.5, 0.6) is 11.5 Å². The molecule has 134 valence electrons. The van der Waals surface area contributed by atoms with Gasteiger partial charge in [0.05, 0.1) is 0 Å². The second kappa shape index (κ2) is 10.9. The molecule has 1 atom stereocenters. The highest BCUT2D eigenvalue weighted by molar-refractivity contribution is 6.14. The number of nitrogens with one attached hydrogen (secondary N) is 2. The molecule has 0 fully saturated rings. The summed E-state index contributed by atoms with van der Waals surface area (Å²) in [5.41, 5.74) is 0.547. The van der Waals surface area contributed by atoms with E-state index in [0.717, 1.165) is 0 Å². The monoisotopic (exact) mass is 380 g/mol. The first-order valence-electron chi connectivity index (χ1n) is 7.00. The minimum atomic E-state index is -0.922. The van der Waals surface area contributed by atoms with Crippen LogP contribution < -0.4 is 9.67 Å². The lowest BCUT2D eigenvalue weighted by atomic mass is 10.1. The molecule has 0 aliphatic rings. The van der Waals surface area contributed by atoms with Gasteiger partial charge in [-0.25, -0.2) is 9.67 Å². The zero-order valence-electron chi connectivity index (χ0n) is 12.6. The molecule has 0 saturated heterocycles. The Morgan fingerprint density at radius 1 is 1.17 bits per heavy atom. The molecule has 0 aliphatic heterocycles. The van der Waals surface area contributed by atoms with Crippen LogP contribution in [0, 0.1) is 0 Å². The fourth-order valence-electron chi connectivity index (χ4n) is 1.72. The first-order valence-corrected chi connectivity index (χ1v) is 7.76. The number of phenols is 2. The molecule has 1 aromatic carbocycles. The van der Waals surface area contributed by atoms with Gasteiger partial charge in [0.25, 0.3) is 0 Å². The van der Waals surface area contributed by atoms with Gasteiger partial charge in [-0.1, -0.05) is 6.07 Å². The molecular formula is C14H18Cl2N2O6. The van der Waals surface area contributed by atoms with Crippen molar-refractivity contribution in [1.29, 1.82) is 0 Å². The summed E-state index contributed by atoms with van der Waals surface area (Å²) < 4.78 is 9.56. The van der Waals surface area contributed by atoms with E-state index in [0.29, 0.717) is 18.5 Å². The lowest BCUT2D eigenvalue weighted by Gasteiger charge is -2.14. The summed E-state index contributed by atoms with van der Waals surface area (Å²) in [6.07, 6.45) is 0.735. The average molecular weight is 381 g/mol. The first kappa shape index (κ1) is 20.3. The molecule has 0 bridgehead atoms. The number of hydrogen-bond acceptors (Lipinski definition) is 8. The minimum Gasteiger partial charge on any atom is -0.504 e. The summed E-state index contributed by atoms with van der Waals surface area (Å²) in [6, 6.07) is 3.19. The molecule has 0 unspecified atom stereocenters. The molecular weight excluding hydrogens is 363 g/mol. The van der Waals surface area contributed by atoms with Crippen molar-refractivity contribution >= 4 is 35.5 Å². The Labute approximate surface area is 148 Å². The highest BCUT2D eigenvalue weighted by atomic mass is 35.5. The number of carbonyl (C=O) groups excluding carboxylic acids is 2. The average Bonchev–Trinajstić information content (AvgIpc) is 2.56. The van der Waals surface area contributed by atoms with Gasteiger partial charge in [-0.3, -0.25) is 9.59 Å². The molecule has 0 aromatic heterocycles. The van der Waals surface area contributed by atoms with E-state index in [2.05, 4.69) is 9.67 Å². The van der Waals surface area contributed by atoms with E-state index < -0.39 is 24.8 Å². The summed E-state index contributed by atoms with van der Waals surface area (Å²) in [5.74, 6) is -1.83. The predicted octanol–water partition coefficient (Wildman–Crippen LogP) is 1.32. The van der Waals surface area contributed by atoms with Gasteiger partial charge in [0.15, 0.2) is 11.5 Å². The number of carbonyl (C=O) groups is 2. The van der Waals surface area contributed by atoms with Crippen molar-refractivity contribution in [3.63, 3.8) is 0 Å². The summed E-state index contributed by atoms with van der Waals surface area (Å²) in [7, 11) is 0. The number of rotatable bonds is 10. The second-order valence-electron chi connectivity index (χ2n) is 4.77. The molecule has 0 radical (unpaired) electrons. The minimum absolute atomic E-state index is 0.103. The maximum absolute atomic E-state index is 11.9. The largest absolute Gasteiger partial charge is 0.504 e. The topological polar surface area (TPSA) is 117 Å². The van der Waals surface area contributed by atoms with E-state index in [1.807, 2.05) is 0 Å². The van der Waals surface area contributed by atoms with Crippen LogP contribution in [0.25, 0.3) is 0 Å². The van der Waals surface area contributed by atoms with Crippen molar-refractivity contribution in [2.45, 2.75) is 25.3 Å². The molecule has 0 spiro atoms. The smallest absolute Gasteiger partial charge is 0.327 e.